The molecule has 0 aliphatic rings. The first kappa shape index (κ1) is 33.5. The van der Waals surface area contributed by atoms with Gasteiger partial charge in [-0.15, -0.1) is 39.7 Å². The summed E-state index contributed by atoms with van der Waals surface area (Å²) in [6.07, 6.45) is 0. The zero-order valence-corrected chi connectivity index (χ0v) is 25.9. The van der Waals surface area contributed by atoms with Crippen LogP contribution in [0.4, 0.5) is 0 Å². The van der Waals surface area contributed by atoms with Gasteiger partial charge in [0.25, 0.3) is 0 Å². The molecule has 32 heavy (non-hydrogen) atoms. The van der Waals surface area contributed by atoms with Crippen LogP contribution in [-0.2, 0) is 37.0 Å². The molecule has 4 aromatic carbocycles. The zero-order chi connectivity index (χ0) is 21.7. The van der Waals surface area contributed by atoms with E-state index in [1.807, 2.05) is 30.3 Å². The second-order valence-corrected chi connectivity index (χ2v) is 10.9. The van der Waals surface area contributed by atoms with E-state index in [2.05, 4.69) is 97.1 Å². The second-order valence-electron chi connectivity index (χ2n) is 9.79. The van der Waals surface area contributed by atoms with Gasteiger partial charge < -0.3 is 24.8 Å². The summed E-state index contributed by atoms with van der Waals surface area (Å²) in [6.45, 7) is 18.1. The fourth-order valence-corrected chi connectivity index (χ4v) is 3.25. The molecule has 0 saturated heterocycles. The smallest absolute Gasteiger partial charge is 1.00 e. The van der Waals surface area contributed by atoms with E-state index in [4.69, 9.17) is 0 Å². The minimum Gasteiger partial charge on any atom is -1.00 e. The molecule has 0 amide bonds. The van der Waals surface area contributed by atoms with Crippen molar-refractivity contribution in [1.29, 1.82) is 0 Å². The van der Waals surface area contributed by atoms with E-state index in [0.29, 0.717) is 0 Å². The fraction of sp³-hybridized carbons (Fsp3) is 0.357. The Bertz CT molecular complexity index is 934. The topological polar surface area (TPSA) is 0 Å². The van der Waals surface area contributed by atoms with E-state index < -0.39 is 0 Å². The third-order valence-electron chi connectivity index (χ3n) is 5.00. The molecule has 0 heterocycles. The monoisotopic (exact) mass is 561 g/mol. The standard InChI is InChI=1S/C21H25.C5H5.C2H7Si.2ClH.Zr/c1-20(2,3)16-9-7-14-11-15-8-10-17(21(4,5)6)13-19(15)18(14)12-16;1-2-4-5-3-1;1-3-2;;;/h7-13H,1-6H3;1-5H;3H,1-2H3;2*1H;/q2*-1;;;;+4/p-2. The van der Waals surface area contributed by atoms with Crippen molar-refractivity contribution >= 4 is 31.1 Å². The second kappa shape index (κ2) is 14.6. The maximum absolute atomic E-state index is 2.38. The molecular formula is C28H37Cl2SiZr. The largest absolute Gasteiger partial charge is 4.00 e. The van der Waals surface area contributed by atoms with Crippen LogP contribution in [0.5, 0.6) is 0 Å². The Morgan fingerprint density at radius 3 is 1.25 bits per heavy atom. The third kappa shape index (κ3) is 9.30. The van der Waals surface area contributed by atoms with Crippen LogP contribution in [0.3, 0.4) is 0 Å². The molecule has 4 rings (SSSR count). The fourth-order valence-electron chi connectivity index (χ4n) is 3.25. The Morgan fingerprint density at radius 2 is 1.00 bits per heavy atom. The van der Waals surface area contributed by atoms with Gasteiger partial charge in [0.15, 0.2) is 0 Å². The van der Waals surface area contributed by atoms with Gasteiger partial charge in [-0.05, 0) is 10.8 Å². The van der Waals surface area contributed by atoms with Crippen molar-refractivity contribution < 1.29 is 51.0 Å². The molecule has 0 spiro atoms. The van der Waals surface area contributed by atoms with Crippen molar-refractivity contribution in [2.24, 2.45) is 0 Å². The molecule has 0 unspecified atom stereocenters. The van der Waals surface area contributed by atoms with Crippen LogP contribution in [0.1, 0.15) is 52.7 Å². The summed E-state index contributed by atoms with van der Waals surface area (Å²) in [5.74, 6) is 0. The zero-order valence-electron chi connectivity index (χ0n) is 20.8. The van der Waals surface area contributed by atoms with Gasteiger partial charge in [-0.1, -0.05) is 90.0 Å². The molecule has 0 aliphatic carbocycles. The maximum atomic E-state index is 2.38. The molecule has 0 fully saturated rings. The third-order valence-corrected chi connectivity index (χ3v) is 5.00. The molecule has 0 saturated carbocycles. The van der Waals surface area contributed by atoms with Crippen molar-refractivity contribution in [2.75, 3.05) is 0 Å². The Kier molecular flexibility index (Phi) is 15.3. The van der Waals surface area contributed by atoms with E-state index in [1.54, 1.807) is 0 Å². The molecular weight excluding hydrogens is 527 g/mol. The van der Waals surface area contributed by atoms with Crippen LogP contribution in [0.15, 0.2) is 72.8 Å². The Balaban J connectivity index is 0. The molecule has 1 radical (unpaired) electrons. The summed E-state index contributed by atoms with van der Waals surface area (Å²) >= 11 is 0. The van der Waals surface area contributed by atoms with Gasteiger partial charge >= 0.3 is 26.2 Å². The van der Waals surface area contributed by atoms with Crippen LogP contribution in [0.2, 0.25) is 13.1 Å². The molecule has 0 aromatic heterocycles. The SMILES string of the molecule is CC(C)(C)c1ccc2[cH-]c3ccc(C(C)(C)C)cc3c2c1.C[SiH]C.[Cl-].[Cl-].[Zr+4].c1cc[cH-]c1. The van der Waals surface area contributed by atoms with Crippen molar-refractivity contribution in [2.45, 2.75) is 65.5 Å². The number of benzene rings is 2. The van der Waals surface area contributed by atoms with Gasteiger partial charge in [0, 0.05) is 9.52 Å². The quantitative estimate of drug-likeness (QED) is 0.228. The summed E-state index contributed by atoms with van der Waals surface area (Å²) in [6, 6.07) is 26.1. The van der Waals surface area contributed by atoms with Crippen molar-refractivity contribution in [3.8, 4) is 0 Å². The minimum atomic E-state index is 0. The molecule has 0 bridgehead atoms. The minimum absolute atomic E-state index is 0. The number of halogens is 2. The Labute approximate surface area is 230 Å². The van der Waals surface area contributed by atoms with Gasteiger partial charge in [0.1, 0.15) is 0 Å². The normalized spacial score (nSPS) is 10.5. The Hall–Kier alpha value is -0.660. The van der Waals surface area contributed by atoms with E-state index in [1.165, 1.54) is 32.7 Å². The van der Waals surface area contributed by atoms with E-state index >= 15 is 0 Å². The van der Waals surface area contributed by atoms with E-state index in [0.717, 1.165) is 9.52 Å². The van der Waals surface area contributed by atoms with Crippen LogP contribution in [0.25, 0.3) is 21.5 Å². The Morgan fingerprint density at radius 1 is 0.656 bits per heavy atom. The van der Waals surface area contributed by atoms with Gasteiger partial charge in [0.2, 0.25) is 0 Å². The summed E-state index contributed by atoms with van der Waals surface area (Å²) in [5.41, 5.74) is 3.20. The summed E-state index contributed by atoms with van der Waals surface area (Å²) in [5, 5.41) is 5.49. The molecule has 4 aromatic rings. The van der Waals surface area contributed by atoms with Gasteiger partial charge in [0.05, 0.1) is 0 Å². The van der Waals surface area contributed by atoms with Crippen LogP contribution >= 0.6 is 0 Å². The van der Waals surface area contributed by atoms with Crippen molar-refractivity contribution in [3.05, 3.63) is 83.9 Å². The maximum Gasteiger partial charge on any atom is 4.00 e. The summed E-state index contributed by atoms with van der Waals surface area (Å²) in [7, 11) is 0.750. The van der Waals surface area contributed by atoms with Crippen LogP contribution in [-0.4, -0.2) is 9.52 Å². The first-order chi connectivity index (χ1) is 13.6. The first-order valence-corrected chi connectivity index (χ1v) is 12.9. The average Bonchev–Trinajstić information content (AvgIpc) is 3.31. The number of hydrogen-bond acceptors (Lipinski definition) is 0. The van der Waals surface area contributed by atoms with Gasteiger partial charge in [-0.2, -0.15) is 18.2 Å². The van der Waals surface area contributed by atoms with Crippen LogP contribution < -0.4 is 24.8 Å². The van der Waals surface area contributed by atoms with Gasteiger partial charge in [-0.25, -0.2) is 12.1 Å². The average molecular weight is 564 g/mol. The molecule has 4 heteroatoms. The summed E-state index contributed by atoms with van der Waals surface area (Å²) < 4.78 is 0. The number of hydrogen-bond donors (Lipinski definition) is 0. The van der Waals surface area contributed by atoms with Crippen molar-refractivity contribution in [1.82, 2.24) is 0 Å². The predicted molar refractivity (Wildman–Crippen MR) is 135 cm³/mol. The molecule has 0 aliphatic heterocycles. The number of rotatable bonds is 0. The molecule has 171 valence electrons. The van der Waals surface area contributed by atoms with Gasteiger partial charge in [-0.3, -0.25) is 0 Å². The first-order valence-electron chi connectivity index (χ1n) is 10.6. The predicted octanol–water partition coefficient (Wildman–Crippen LogP) is 2.24. The number of fused-ring (bicyclic) bond motifs is 3. The van der Waals surface area contributed by atoms with Crippen molar-refractivity contribution in [3.63, 3.8) is 0 Å². The molecule has 0 nitrogen and oxygen atoms in total. The van der Waals surface area contributed by atoms with Crippen LogP contribution in [0, 0.1) is 0 Å². The summed E-state index contributed by atoms with van der Waals surface area (Å²) in [4.78, 5) is 0. The molecule has 0 N–H and O–H groups in total. The van der Waals surface area contributed by atoms with E-state index in [-0.39, 0.29) is 61.8 Å². The van der Waals surface area contributed by atoms with E-state index in [9.17, 15) is 0 Å². The molecule has 0 atom stereocenters.